The second kappa shape index (κ2) is 7.01. The molecule has 0 radical (unpaired) electrons. The van der Waals surface area contributed by atoms with E-state index in [4.69, 9.17) is 10.5 Å². The van der Waals surface area contributed by atoms with Crippen LogP contribution in [0.25, 0.3) is 0 Å². The molecule has 4 nitrogen and oxygen atoms in total. The van der Waals surface area contributed by atoms with E-state index in [0.717, 1.165) is 24.4 Å². The van der Waals surface area contributed by atoms with Crippen molar-refractivity contribution in [1.82, 2.24) is 4.90 Å². The zero-order chi connectivity index (χ0) is 13.5. The highest BCUT2D eigenvalue weighted by molar-refractivity contribution is 5.81. The molecular weight excluding hydrogens is 228 g/mol. The molecule has 0 fully saturated rings. The minimum atomic E-state index is -0.389. The summed E-state index contributed by atoms with van der Waals surface area (Å²) in [4.78, 5) is 13.7. The summed E-state index contributed by atoms with van der Waals surface area (Å²) in [5, 5.41) is 0. The molecular formula is C14H22N2O2. The largest absolute Gasteiger partial charge is 0.494 e. The van der Waals surface area contributed by atoms with Gasteiger partial charge in [-0.05, 0) is 37.7 Å². The smallest absolute Gasteiger partial charge is 0.239 e. The van der Waals surface area contributed by atoms with Crippen molar-refractivity contribution in [3.8, 4) is 5.75 Å². The van der Waals surface area contributed by atoms with Crippen LogP contribution in [-0.2, 0) is 4.79 Å². The number of carbonyl (C=O) groups excluding carboxylic acids is 1. The number of hydrogen-bond acceptors (Lipinski definition) is 3. The lowest BCUT2D eigenvalue weighted by Gasteiger charge is -2.27. The van der Waals surface area contributed by atoms with Crippen molar-refractivity contribution in [2.75, 3.05) is 19.7 Å². The van der Waals surface area contributed by atoms with Gasteiger partial charge in [0.1, 0.15) is 11.8 Å². The second-order valence-electron chi connectivity index (χ2n) is 4.03. The van der Waals surface area contributed by atoms with E-state index in [-0.39, 0.29) is 11.9 Å². The van der Waals surface area contributed by atoms with Gasteiger partial charge < -0.3 is 10.5 Å². The molecule has 0 saturated carbocycles. The highest BCUT2D eigenvalue weighted by Crippen LogP contribution is 2.24. The second-order valence-corrected chi connectivity index (χ2v) is 4.03. The summed E-state index contributed by atoms with van der Waals surface area (Å²) in [6, 6.07) is 7.18. The first-order valence-corrected chi connectivity index (χ1v) is 6.40. The van der Waals surface area contributed by atoms with Crippen LogP contribution in [0.5, 0.6) is 5.75 Å². The number of nitrogens with zero attached hydrogens (tertiary/aromatic N) is 1. The van der Waals surface area contributed by atoms with Gasteiger partial charge in [-0.3, -0.25) is 9.69 Å². The number of likely N-dealkylation sites (N-methyl/N-ethyl adjacent to an activating group) is 1. The fraction of sp³-hybridized carbons (Fsp3) is 0.500. The maximum atomic E-state index is 11.7. The van der Waals surface area contributed by atoms with Gasteiger partial charge in [0, 0.05) is 0 Å². The third kappa shape index (κ3) is 3.47. The monoisotopic (exact) mass is 250 g/mol. The molecule has 1 aromatic rings. The van der Waals surface area contributed by atoms with Crippen molar-refractivity contribution >= 4 is 5.91 Å². The summed E-state index contributed by atoms with van der Waals surface area (Å²) < 4.78 is 5.45. The molecule has 1 atom stereocenters. The SMILES string of the molecule is CCOc1cccc(C(C(N)=O)N(CC)CC)c1. The fourth-order valence-corrected chi connectivity index (χ4v) is 2.08. The van der Waals surface area contributed by atoms with E-state index < -0.39 is 0 Å². The minimum absolute atomic E-state index is 0.327. The molecule has 1 amide bonds. The van der Waals surface area contributed by atoms with E-state index in [2.05, 4.69) is 0 Å². The Bertz CT molecular complexity index is 389. The van der Waals surface area contributed by atoms with Crippen molar-refractivity contribution in [2.45, 2.75) is 26.8 Å². The average Bonchev–Trinajstić information content (AvgIpc) is 2.36. The zero-order valence-corrected chi connectivity index (χ0v) is 11.3. The van der Waals surface area contributed by atoms with Crippen molar-refractivity contribution < 1.29 is 9.53 Å². The number of rotatable bonds is 7. The summed E-state index contributed by atoms with van der Waals surface area (Å²) in [5.74, 6) is 0.445. The van der Waals surface area contributed by atoms with Gasteiger partial charge in [-0.15, -0.1) is 0 Å². The zero-order valence-electron chi connectivity index (χ0n) is 11.3. The number of nitrogens with two attached hydrogens (primary N) is 1. The molecule has 0 aliphatic rings. The fourth-order valence-electron chi connectivity index (χ4n) is 2.08. The molecule has 0 bridgehead atoms. The molecule has 0 saturated heterocycles. The normalized spacial score (nSPS) is 12.4. The molecule has 2 N–H and O–H groups in total. The van der Waals surface area contributed by atoms with Crippen molar-refractivity contribution in [2.24, 2.45) is 5.73 Å². The standard InChI is InChI=1S/C14H22N2O2/c1-4-16(5-2)13(14(15)17)11-8-7-9-12(10-11)18-6-3/h7-10,13H,4-6H2,1-3H3,(H2,15,17). The summed E-state index contributed by atoms with van der Waals surface area (Å²) in [6.07, 6.45) is 0. The predicted molar refractivity (Wildman–Crippen MR) is 72.5 cm³/mol. The van der Waals surface area contributed by atoms with Gasteiger partial charge in [0.2, 0.25) is 5.91 Å². The van der Waals surface area contributed by atoms with Crippen LogP contribution >= 0.6 is 0 Å². The number of benzene rings is 1. The van der Waals surface area contributed by atoms with Crippen LogP contribution in [0.15, 0.2) is 24.3 Å². The maximum Gasteiger partial charge on any atom is 0.239 e. The van der Waals surface area contributed by atoms with Crippen LogP contribution in [0.4, 0.5) is 0 Å². The van der Waals surface area contributed by atoms with Crippen LogP contribution in [0, 0.1) is 0 Å². The Kier molecular flexibility index (Phi) is 5.65. The maximum absolute atomic E-state index is 11.7. The Balaban J connectivity index is 3.05. The van der Waals surface area contributed by atoms with Gasteiger partial charge in [-0.1, -0.05) is 26.0 Å². The molecule has 1 aromatic carbocycles. The van der Waals surface area contributed by atoms with Crippen LogP contribution in [0.3, 0.4) is 0 Å². The first-order chi connectivity index (χ1) is 8.63. The van der Waals surface area contributed by atoms with Gasteiger partial charge in [-0.2, -0.15) is 0 Å². The van der Waals surface area contributed by atoms with E-state index in [0.29, 0.717) is 6.61 Å². The van der Waals surface area contributed by atoms with Crippen molar-refractivity contribution in [3.05, 3.63) is 29.8 Å². The first kappa shape index (κ1) is 14.5. The molecule has 18 heavy (non-hydrogen) atoms. The van der Waals surface area contributed by atoms with Gasteiger partial charge in [0.05, 0.1) is 6.61 Å². The van der Waals surface area contributed by atoms with Crippen molar-refractivity contribution in [3.63, 3.8) is 0 Å². The lowest BCUT2D eigenvalue weighted by molar-refractivity contribution is -0.123. The molecule has 0 aliphatic carbocycles. The molecule has 1 unspecified atom stereocenters. The number of amides is 1. The quantitative estimate of drug-likeness (QED) is 0.804. The summed E-state index contributed by atoms with van der Waals surface area (Å²) in [6.45, 7) is 8.14. The van der Waals surface area contributed by atoms with Crippen molar-refractivity contribution in [1.29, 1.82) is 0 Å². The highest BCUT2D eigenvalue weighted by Gasteiger charge is 2.23. The predicted octanol–water partition coefficient (Wildman–Crippen LogP) is 1.95. The molecule has 4 heteroatoms. The average molecular weight is 250 g/mol. The van der Waals surface area contributed by atoms with E-state index in [9.17, 15) is 4.79 Å². The molecule has 100 valence electrons. The van der Waals surface area contributed by atoms with E-state index in [1.807, 2.05) is 49.9 Å². The van der Waals surface area contributed by atoms with E-state index in [1.54, 1.807) is 0 Å². The number of ether oxygens (including phenoxy) is 1. The summed E-state index contributed by atoms with van der Waals surface area (Å²) in [5.41, 5.74) is 6.41. The lowest BCUT2D eigenvalue weighted by atomic mass is 10.0. The third-order valence-corrected chi connectivity index (χ3v) is 2.93. The third-order valence-electron chi connectivity index (χ3n) is 2.93. The van der Waals surface area contributed by atoms with Crippen LogP contribution in [0.1, 0.15) is 32.4 Å². The van der Waals surface area contributed by atoms with E-state index in [1.165, 1.54) is 0 Å². The van der Waals surface area contributed by atoms with Gasteiger partial charge >= 0.3 is 0 Å². The molecule has 0 aliphatic heterocycles. The Hall–Kier alpha value is -1.55. The lowest BCUT2D eigenvalue weighted by Crippen LogP contribution is -2.37. The number of carbonyl (C=O) groups is 1. The molecule has 0 aromatic heterocycles. The molecule has 0 heterocycles. The Labute approximate surface area is 109 Å². The molecule has 0 spiro atoms. The van der Waals surface area contributed by atoms with Crippen LogP contribution < -0.4 is 10.5 Å². The summed E-state index contributed by atoms with van der Waals surface area (Å²) in [7, 11) is 0. The van der Waals surface area contributed by atoms with Crippen LogP contribution in [-0.4, -0.2) is 30.5 Å². The Morgan fingerprint density at radius 2 is 2.00 bits per heavy atom. The first-order valence-electron chi connectivity index (χ1n) is 6.40. The highest BCUT2D eigenvalue weighted by atomic mass is 16.5. The number of primary amides is 1. The number of hydrogen-bond donors (Lipinski definition) is 1. The van der Waals surface area contributed by atoms with Gasteiger partial charge in [0.15, 0.2) is 0 Å². The van der Waals surface area contributed by atoms with E-state index >= 15 is 0 Å². The van der Waals surface area contributed by atoms with Crippen LogP contribution in [0.2, 0.25) is 0 Å². The Morgan fingerprint density at radius 3 is 2.50 bits per heavy atom. The summed E-state index contributed by atoms with van der Waals surface area (Å²) >= 11 is 0. The molecule has 1 rings (SSSR count). The van der Waals surface area contributed by atoms with Gasteiger partial charge in [0.25, 0.3) is 0 Å². The minimum Gasteiger partial charge on any atom is -0.494 e. The van der Waals surface area contributed by atoms with Gasteiger partial charge in [-0.25, -0.2) is 0 Å². The topological polar surface area (TPSA) is 55.6 Å². The Morgan fingerprint density at radius 1 is 1.33 bits per heavy atom.